The topological polar surface area (TPSA) is 59.0 Å². The van der Waals surface area contributed by atoms with E-state index in [2.05, 4.69) is 0 Å². The maximum absolute atomic E-state index is 11.7. The van der Waals surface area contributed by atoms with Crippen molar-refractivity contribution in [3.05, 3.63) is 65.7 Å². The number of aliphatic carboxylic acids is 1. The Hall–Kier alpha value is -2.37. The molecule has 2 aromatic rings. The van der Waals surface area contributed by atoms with Crippen LogP contribution in [0.25, 0.3) is 0 Å². The van der Waals surface area contributed by atoms with Gasteiger partial charge in [-0.1, -0.05) is 42.5 Å². The summed E-state index contributed by atoms with van der Waals surface area (Å²) in [5.74, 6) is -0.108. The fourth-order valence-electron chi connectivity index (χ4n) is 2.83. The van der Waals surface area contributed by atoms with Gasteiger partial charge in [0.1, 0.15) is 18.4 Å². The summed E-state index contributed by atoms with van der Waals surface area (Å²) in [6, 6.07) is 16.6. The Bertz CT molecular complexity index is 651. The van der Waals surface area contributed by atoms with E-state index in [1.54, 1.807) is 0 Å². The number of rotatable bonds is 6. The zero-order valence-electron chi connectivity index (χ0n) is 13.4. The highest BCUT2D eigenvalue weighted by molar-refractivity contribution is 5.75. The smallest absolute Gasteiger partial charge is 0.325 e. The molecule has 3 rings (SSSR count). The van der Waals surface area contributed by atoms with E-state index in [9.17, 15) is 9.90 Å². The molecule has 0 saturated carbocycles. The molecule has 1 aliphatic heterocycles. The molecule has 1 atom stereocenters. The fourth-order valence-corrected chi connectivity index (χ4v) is 2.83. The molecule has 1 N–H and O–H groups in total. The van der Waals surface area contributed by atoms with Gasteiger partial charge in [-0.05, 0) is 23.3 Å². The number of ether oxygens (including phenoxy) is 2. The van der Waals surface area contributed by atoms with Gasteiger partial charge in [-0.2, -0.15) is 0 Å². The summed E-state index contributed by atoms with van der Waals surface area (Å²) in [6.45, 7) is 2.89. The van der Waals surface area contributed by atoms with Crippen molar-refractivity contribution < 1.29 is 19.4 Å². The van der Waals surface area contributed by atoms with Crippen LogP contribution in [0.4, 0.5) is 0 Å². The van der Waals surface area contributed by atoms with Crippen molar-refractivity contribution in [2.75, 3.05) is 26.3 Å². The molecule has 0 spiro atoms. The minimum absolute atomic E-state index is 0.492. The number of hydrogen-bond donors (Lipinski definition) is 1. The molecule has 1 aliphatic rings. The van der Waals surface area contributed by atoms with Gasteiger partial charge in [-0.15, -0.1) is 0 Å². The third-order valence-corrected chi connectivity index (χ3v) is 4.09. The predicted molar refractivity (Wildman–Crippen MR) is 90.0 cm³/mol. The maximum Gasteiger partial charge on any atom is 0.325 e. The number of carbonyl (C=O) groups is 1. The first-order chi connectivity index (χ1) is 11.7. The van der Waals surface area contributed by atoms with Crippen molar-refractivity contribution in [3.63, 3.8) is 0 Å². The molecular formula is C19H21NO4. The number of benzene rings is 2. The van der Waals surface area contributed by atoms with E-state index >= 15 is 0 Å². The SMILES string of the molecule is O=C(O)[C@H](c1ccc(OCc2ccccc2)cc1)N1CCOCC1. The molecule has 24 heavy (non-hydrogen) atoms. The summed E-state index contributed by atoms with van der Waals surface area (Å²) in [5, 5.41) is 9.59. The molecule has 0 amide bonds. The highest BCUT2D eigenvalue weighted by Crippen LogP contribution is 2.24. The van der Waals surface area contributed by atoms with Gasteiger partial charge in [0, 0.05) is 13.1 Å². The second kappa shape index (κ2) is 7.95. The minimum Gasteiger partial charge on any atom is -0.489 e. The van der Waals surface area contributed by atoms with E-state index in [1.165, 1.54) is 0 Å². The van der Waals surface area contributed by atoms with Gasteiger partial charge >= 0.3 is 5.97 Å². The van der Waals surface area contributed by atoms with E-state index in [1.807, 2.05) is 59.5 Å². The van der Waals surface area contributed by atoms with Gasteiger partial charge in [-0.3, -0.25) is 9.69 Å². The second-order valence-electron chi connectivity index (χ2n) is 5.73. The summed E-state index contributed by atoms with van der Waals surface area (Å²) >= 11 is 0. The molecule has 1 heterocycles. The highest BCUT2D eigenvalue weighted by Gasteiger charge is 2.28. The molecule has 0 unspecified atom stereocenters. The summed E-state index contributed by atoms with van der Waals surface area (Å²) in [7, 11) is 0. The minimum atomic E-state index is -0.838. The number of nitrogens with zero attached hydrogens (tertiary/aromatic N) is 1. The van der Waals surface area contributed by atoms with Gasteiger partial charge in [0.05, 0.1) is 13.2 Å². The zero-order chi connectivity index (χ0) is 16.8. The maximum atomic E-state index is 11.7. The van der Waals surface area contributed by atoms with Crippen LogP contribution >= 0.6 is 0 Å². The van der Waals surface area contributed by atoms with Crippen molar-refractivity contribution in [3.8, 4) is 5.75 Å². The van der Waals surface area contributed by atoms with Crippen LogP contribution < -0.4 is 4.74 Å². The van der Waals surface area contributed by atoms with Crippen LogP contribution in [0.1, 0.15) is 17.2 Å². The predicted octanol–water partition coefficient (Wildman–Crippen LogP) is 2.72. The lowest BCUT2D eigenvalue weighted by molar-refractivity contribution is -0.145. The largest absolute Gasteiger partial charge is 0.489 e. The number of hydrogen-bond acceptors (Lipinski definition) is 4. The standard InChI is InChI=1S/C19H21NO4/c21-19(22)18(20-10-12-23-13-11-20)16-6-8-17(9-7-16)24-14-15-4-2-1-3-5-15/h1-9,18H,10-14H2,(H,21,22)/t18-/m0/s1. The quantitative estimate of drug-likeness (QED) is 0.884. The Kier molecular flexibility index (Phi) is 5.46. The second-order valence-corrected chi connectivity index (χ2v) is 5.73. The molecule has 0 aliphatic carbocycles. The van der Waals surface area contributed by atoms with Crippen LogP contribution in [0.2, 0.25) is 0 Å². The van der Waals surface area contributed by atoms with Gasteiger partial charge in [0.15, 0.2) is 0 Å². The van der Waals surface area contributed by atoms with E-state index in [0.29, 0.717) is 32.9 Å². The van der Waals surface area contributed by atoms with Crippen molar-refractivity contribution in [1.29, 1.82) is 0 Å². The normalized spacial score (nSPS) is 16.5. The summed E-state index contributed by atoms with van der Waals surface area (Å²) < 4.78 is 11.1. The molecule has 0 radical (unpaired) electrons. The fraction of sp³-hybridized carbons (Fsp3) is 0.316. The third kappa shape index (κ3) is 4.13. The van der Waals surface area contributed by atoms with E-state index in [4.69, 9.17) is 9.47 Å². The van der Waals surface area contributed by atoms with Crippen molar-refractivity contribution in [1.82, 2.24) is 4.90 Å². The van der Waals surface area contributed by atoms with Crippen LogP contribution in [0.15, 0.2) is 54.6 Å². The summed E-state index contributed by atoms with van der Waals surface area (Å²) in [5.41, 5.74) is 1.86. The summed E-state index contributed by atoms with van der Waals surface area (Å²) in [4.78, 5) is 13.6. The molecule has 126 valence electrons. The van der Waals surface area contributed by atoms with E-state index in [-0.39, 0.29) is 0 Å². The first-order valence-corrected chi connectivity index (χ1v) is 8.05. The van der Waals surface area contributed by atoms with Gasteiger partial charge in [-0.25, -0.2) is 0 Å². The van der Waals surface area contributed by atoms with E-state index in [0.717, 1.165) is 16.9 Å². The lowest BCUT2D eigenvalue weighted by Gasteiger charge is -2.32. The Balaban J connectivity index is 1.66. The average Bonchev–Trinajstić information content (AvgIpc) is 2.63. The van der Waals surface area contributed by atoms with Crippen molar-refractivity contribution in [2.45, 2.75) is 12.6 Å². The molecule has 1 saturated heterocycles. The zero-order valence-corrected chi connectivity index (χ0v) is 13.4. The summed E-state index contributed by atoms with van der Waals surface area (Å²) in [6.07, 6.45) is 0. The average molecular weight is 327 g/mol. The monoisotopic (exact) mass is 327 g/mol. The molecule has 5 heteroatoms. The third-order valence-electron chi connectivity index (χ3n) is 4.09. The molecule has 2 aromatic carbocycles. The highest BCUT2D eigenvalue weighted by atomic mass is 16.5. The van der Waals surface area contributed by atoms with Gasteiger partial charge in [0.2, 0.25) is 0 Å². The van der Waals surface area contributed by atoms with Crippen LogP contribution in [-0.4, -0.2) is 42.3 Å². The molecule has 0 aromatic heterocycles. The number of carboxylic acid groups (broad SMARTS) is 1. The van der Waals surface area contributed by atoms with Gasteiger partial charge < -0.3 is 14.6 Å². The van der Waals surface area contributed by atoms with Crippen molar-refractivity contribution >= 4 is 5.97 Å². The lowest BCUT2D eigenvalue weighted by atomic mass is 10.0. The molecular weight excluding hydrogens is 306 g/mol. The van der Waals surface area contributed by atoms with Crippen molar-refractivity contribution in [2.24, 2.45) is 0 Å². The van der Waals surface area contributed by atoms with Crippen LogP contribution in [0, 0.1) is 0 Å². The first kappa shape index (κ1) is 16.5. The van der Waals surface area contributed by atoms with E-state index < -0.39 is 12.0 Å². The Labute approximate surface area is 141 Å². The molecule has 1 fully saturated rings. The van der Waals surface area contributed by atoms with Gasteiger partial charge in [0.25, 0.3) is 0 Å². The lowest BCUT2D eigenvalue weighted by Crippen LogP contribution is -2.42. The molecule has 5 nitrogen and oxygen atoms in total. The molecule has 0 bridgehead atoms. The Morgan fingerprint density at radius 3 is 2.38 bits per heavy atom. The van der Waals surface area contributed by atoms with Crippen LogP contribution in [0.5, 0.6) is 5.75 Å². The number of carboxylic acids is 1. The van der Waals surface area contributed by atoms with Crippen LogP contribution in [-0.2, 0) is 16.1 Å². The Morgan fingerprint density at radius 1 is 1.08 bits per heavy atom. The Morgan fingerprint density at radius 2 is 1.75 bits per heavy atom. The first-order valence-electron chi connectivity index (χ1n) is 8.05. The van der Waals surface area contributed by atoms with Crippen LogP contribution in [0.3, 0.4) is 0 Å². The number of morpholine rings is 1.